The lowest BCUT2D eigenvalue weighted by atomic mass is 10.1. The molecule has 1 aromatic carbocycles. The number of benzene rings is 1. The van der Waals surface area contributed by atoms with Crippen LogP contribution >= 0.6 is 0 Å². The molecule has 144 valence electrons. The number of anilines is 3. The van der Waals surface area contributed by atoms with Crippen LogP contribution in [0.15, 0.2) is 60.9 Å². The standard InChI is InChI=1S/C20H14F2N6O/c21-11-3-4-15(22)14(8-11)17-10-16(13-2-1-6-25-19(13)27-17)26-12-5-7-24-18(9-12)28-20(23)29/h1-10H,(H4,23,24,25,26,27,28,29). The summed E-state index contributed by atoms with van der Waals surface area (Å²) in [5.74, 6) is -0.914. The average molecular weight is 392 g/mol. The molecule has 3 heterocycles. The number of amides is 2. The van der Waals surface area contributed by atoms with E-state index in [0.29, 0.717) is 22.4 Å². The third-order valence-electron chi connectivity index (χ3n) is 4.08. The predicted octanol–water partition coefficient (Wildman–Crippen LogP) is 4.20. The summed E-state index contributed by atoms with van der Waals surface area (Å²) in [4.78, 5) is 23.6. The first kappa shape index (κ1) is 18.2. The summed E-state index contributed by atoms with van der Waals surface area (Å²) in [5.41, 5.74) is 6.88. The fourth-order valence-electron chi connectivity index (χ4n) is 2.85. The Morgan fingerprint density at radius 3 is 2.69 bits per heavy atom. The Kier molecular flexibility index (Phi) is 4.70. The Balaban J connectivity index is 1.81. The molecule has 0 fully saturated rings. The highest BCUT2D eigenvalue weighted by Crippen LogP contribution is 2.31. The van der Waals surface area contributed by atoms with E-state index >= 15 is 0 Å². The van der Waals surface area contributed by atoms with E-state index in [1.54, 1.807) is 36.5 Å². The van der Waals surface area contributed by atoms with Gasteiger partial charge in [0.25, 0.3) is 0 Å². The summed E-state index contributed by atoms with van der Waals surface area (Å²) >= 11 is 0. The van der Waals surface area contributed by atoms with E-state index < -0.39 is 17.7 Å². The fourth-order valence-corrected chi connectivity index (χ4v) is 2.85. The minimum Gasteiger partial charge on any atom is -0.355 e. The van der Waals surface area contributed by atoms with Crippen molar-refractivity contribution in [3.63, 3.8) is 0 Å². The molecule has 3 aromatic heterocycles. The summed E-state index contributed by atoms with van der Waals surface area (Å²) in [7, 11) is 0. The predicted molar refractivity (Wildman–Crippen MR) is 106 cm³/mol. The number of carbonyl (C=O) groups excluding carboxylic acids is 1. The van der Waals surface area contributed by atoms with Crippen molar-refractivity contribution < 1.29 is 13.6 Å². The van der Waals surface area contributed by atoms with Gasteiger partial charge >= 0.3 is 6.03 Å². The first-order valence-electron chi connectivity index (χ1n) is 8.50. The molecule has 0 unspecified atom stereocenters. The van der Waals surface area contributed by atoms with Crippen molar-refractivity contribution in [1.29, 1.82) is 0 Å². The van der Waals surface area contributed by atoms with Crippen molar-refractivity contribution in [2.45, 2.75) is 0 Å². The molecule has 0 atom stereocenters. The van der Waals surface area contributed by atoms with Crippen LogP contribution in [0.3, 0.4) is 0 Å². The normalized spacial score (nSPS) is 10.7. The third kappa shape index (κ3) is 3.93. The number of hydrogen-bond acceptors (Lipinski definition) is 5. The van der Waals surface area contributed by atoms with Gasteiger partial charge in [0.1, 0.15) is 17.5 Å². The van der Waals surface area contributed by atoms with E-state index in [9.17, 15) is 13.6 Å². The van der Waals surface area contributed by atoms with Gasteiger partial charge in [-0.05, 0) is 42.5 Å². The molecule has 0 aliphatic rings. The lowest BCUT2D eigenvalue weighted by molar-refractivity contribution is 0.259. The van der Waals surface area contributed by atoms with Crippen molar-refractivity contribution in [2.75, 3.05) is 10.6 Å². The van der Waals surface area contributed by atoms with Gasteiger partial charge in [0.05, 0.1) is 11.4 Å². The van der Waals surface area contributed by atoms with Gasteiger partial charge in [-0.2, -0.15) is 0 Å². The second kappa shape index (κ2) is 7.47. The zero-order chi connectivity index (χ0) is 20.4. The van der Waals surface area contributed by atoms with Gasteiger partial charge in [0.2, 0.25) is 0 Å². The van der Waals surface area contributed by atoms with Gasteiger partial charge in [-0.3, -0.25) is 5.32 Å². The lowest BCUT2D eigenvalue weighted by Gasteiger charge is -2.13. The monoisotopic (exact) mass is 392 g/mol. The number of nitrogens with zero attached hydrogens (tertiary/aromatic N) is 3. The number of nitrogens with one attached hydrogen (secondary N) is 2. The van der Waals surface area contributed by atoms with Crippen LogP contribution in [0.5, 0.6) is 0 Å². The maximum atomic E-state index is 14.3. The van der Waals surface area contributed by atoms with Crippen LogP contribution in [0, 0.1) is 11.6 Å². The molecule has 7 nitrogen and oxygen atoms in total. The molecule has 0 saturated carbocycles. The number of nitrogens with two attached hydrogens (primary N) is 1. The summed E-state index contributed by atoms with van der Waals surface area (Å²) in [6, 6.07) is 10.8. The van der Waals surface area contributed by atoms with Gasteiger partial charge in [-0.1, -0.05) is 0 Å². The van der Waals surface area contributed by atoms with Gasteiger partial charge in [-0.25, -0.2) is 28.5 Å². The highest BCUT2D eigenvalue weighted by Gasteiger charge is 2.13. The zero-order valence-corrected chi connectivity index (χ0v) is 14.9. The molecule has 9 heteroatoms. The van der Waals surface area contributed by atoms with E-state index in [-0.39, 0.29) is 17.1 Å². The van der Waals surface area contributed by atoms with Crippen LogP contribution in [0.2, 0.25) is 0 Å². The molecule has 0 aliphatic carbocycles. The van der Waals surface area contributed by atoms with Gasteiger partial charge in [0, 0.05) is 35.1 Å². The quantitative estimate of drug-likeness (QED) is 0.483. The van der Waals surface area contributed by atoms with E-state index in [0.717, 1.165) is 18.2 Å². The Hall–Kier alpha value is -4.14. The van der Waals surface area contributed by atoms with Crippen LogP contribution in [-0.2, 0) is 0 Å². The second-order valence-corrected chi connectivity index (χ2v) is 6.10. The van der Waals surface area contributed by atoms with Crippen molar-refractivity contribution >= 4 is 34.3 Å². The van der Waals surface area contributed by atoms with Crippen LogP contribution < -0.4 is 16.4 Å². The Labute approximate surface area is 163 Å². The highest BCUT2D eigenvalue weighted by atomic mass is 19.1. The minimum atomic E-state index is -0.739. The average Bonchev–Trinajstić information content (AvgIpc) is 2.69. The number of pyridine rings is 3. The van der Waals surface area contributed by atoms with E-state index in [2.05, 4.69) is 25.6 Å². The second-order valence-electron chi connectivity index (χ2n) is 6.10. The van der Waals surface area contributed by atoms with Crippen LogP contribution in [-0.4, -0.2) is 21.0 Å². The summed E-state index contributed by atoms with van der Waals surface area (Å²) < 4.78 is 27.9. The number of aromatic nitrogens is 3. The Morgan fingerprint density at radius 1 is 1.00 bits per heavy atom. The van der Waals surface area contributed by atoms with Crippen molar-refractivity contribution in [3.05, 3.63) is 72.6 Å². The maximum Gasteiger partial charge on any atom is 0.317 e. The zero-order valence-electron chi connectivity index (χ0n) is 14.9. The van der Waals surface area contributed by atoms with Crippen LogP contribution in [0.4, 0.5) is 30.8 Å². The largest absolute Gasteiger partial charge is 0.355 e. The van der Waals surface area contributed by atoms with E-state index in [1.807, 2.05) is 0 Å². The first-order chi connectivity index (χ1) is 14.0. The van der Waals surface area contributed by atoms with Crippen molar-refractivity contribution in [1.82, 2.24) is 15.0 Å². The fraction of sp³-hybridized carbons (Fsp3) is 0. The van der Waals surface area contributed by atoms with E-state index in [4.69, 9.17) is 5.73 Å². The van der Waals surface area contributed by atoms with Crippen LogP contribution in [0.25, 0.3) is 22.3 Å². The number of urea groups is 1. The number of fused-ring (bicyclic) bond motifs is 1. The van der Waals surface area contributed by atoms with Crippen molar-refractivity contribution in [2.24, 2.45) is 5.73 Å². The third-order valence-corrected chi connectivity index (χ3v) is 4.08. The highest BCUT2D eigenvalue weighted by molar-refractivity contribution is 5.94. The summed E-state index contributed by atoms with van der Waals surface area (Å²) in [5, 5.41) is 6.24. The summed E-state index contributed by atoms with van der Waals surface area (Å²) in [6.07, 6.45) is 3.05. The number of carbonyl (C=O) groups is 1. The topological polar surface area (TPSA) is 106 Å². The molecule has 0 saturated heterocycles. The van der Waals surface area contributed by atoms with E-state index in [1.165, 1.54) is 6.20 Å². The molecular weight excluding hydrogens is 378 g/mol. The number of hydrogen-bond donors (Lipinski definition) is 3. The minimum absolute atomic E-state index is 0.0198. The molecule has 4 rings (SSSR count). The molecule has 4 N–H and O–H groups in total. The molecule has 0 radical (unpaired) electrons. The Morgan fingerprint density at radius 2 is 1.86 bits per heavy atom. The number of halogens is 2. The molecule has 29 heavy (non-hydrogen) atoms. The smallest absolute Gasteiger partial charge is 0.317 e. The van der Waals surface area contributed by atoms with Crippen molar-refractivity contribution in [3.8, 4) is 11.3 Å². The molecule has 0 bridgehead atoms. The summed E-state index contributed by atoms with van der Waals surface area (Å²) in [6.45, 7) is 0. The number of primary amides is 1. The Bertz CT molecular complexity index is 1230. The molecule has 4 aromatic rings. The SMILES string of the molecule is NC(=O)Nc1cc(Nc2cc(-c3cc(F)ccc3F)nc3ncccc23)ccn1. The first-order valence-corrected chi connectivity index (χ1v) is 8.50. The lowest BCUT2D eigenvalue weighted by Crippen LogP contribution is -2.19. The van der Waals surface area contributed by atoms with Crippen LogP contribution in [0.1, 0.15) is 0 Å². The maximum absolute atomic E-state index is 14.3. The molecule has 2 amide bonds. The molecule has 0 spiro atoms. The van der Waals surface area contributed by atoms with Gasteiger partial charge < -0.3 is 11.1 Å². The van der Waals surface area contributed by atoms with Gasteiger partial charge in [-0.15, -0.1) is 0 Å². The molecular formula is C20H14F2N6O. The number of rotatable bonds is 4. The molecule has 0 aliphatic heterocycles. The van der Waals surface area contributed by atoms with Gasteiger partial charge in [0.15, 0.2) is 5.65 Å².